The molecule has 2 aliphatic rings. The molecule has 1 unspecified atom stereocenters. The Balaban J connectivity index is 1.67. The van der Waals surface area contributed by atoms with Gasteiger partial charge in [0.25, 0.3) is 5.91 Å². The van der Waals surface area contributed by atoms with E-state index in [0.717, 1.165) is 10.5 Å². The van der Waals surface area contributed by atoms with Crippen LogP contribution in [0.1, 0.15) is 23.5 Å². The number of methoxy groups -OCH3 is 1. The molecule has 1 fully saturated rings. The minimum Gasteiger partial charge on any atom is -0.497 e. The van der Waals surface area contributed by atoms with Gasteiger partial charge in [0.2, 0.25) is 5.91 Å². The molecule has 2 amide bonds. The van der Waals surface area contributed by atoms with Gasteiger partial charge in [0.15, 0.2) is 5.88 Å². The number of piperidine rings is 1. The van der Waals surface area contributed by atoms with E-state index in [-0.39, 0.29) is 36.1 Å². The maximum absolute atomic E-state index is 13.1. The number of rotatable bonds is 3. The van der Waals surface area contributed by atoms with Crippen molar-refractivity contribution in [2.45, 2.75) is 18.9 Å². The average molecular weight is 368 g/mol. The summed E-state index contributed by atoms with van der Waals surface area (Å²) in [5.41, 5.74) is 7.66. The molecule has 138 valence electrons. The minimum absolute atomic E-state index is 0.0117. The molecule has 0 bridgehead atoms. The van der Waals surface area contributed by atoms with E-state index in [1.54, 1.807) is 30.3 Å². The largest absolute Gasteiger partial charge is 0.497 e. The molecule has 1 saturated heterocycles. The average Bonchev–Trinajstić information content (AvgIpc) is 2.65. The van der Waals surface area contributed by atoms with Gasteiger partial charge in [-0.25, -0.2) is 4.39 Å². The monoisotopic (exact) mass is 368 g/mol. The van der Waals surface area contributed by atoms with Crippen molar-refractivity contribution >= 4 is 11.8 Å². The number of nitrogens with zero attached hydrogens (tertiary/aromatic N) is 1. The second-order valence-electron chi connectivity index (χ2n) is 6.45. The van der Waals surface area contributed by atoms with Crippen LogP contribution < -0.4 is 15.2 Å². The lowest BCUT2D eigenvalue weighted by molar-refractivity contribution is -0.146. The quantitative estimate of drug-likeness (QED) is 0.842. The lowest BCUT2D eigenvalue weighted by Crippen LogP contribution is -2.46. The van der Waals surface area contributed by atoms with Gasteiger partial charge >= 0.3 is 0 Å². The second-order valence-corrected chi connectivity index (χ2v) is 6.45. The summed E-state index contributed by atoms with van der Waals surface area (Å²) in [4.78, 5) is 26.8. The van der Waals surface area contributed by atoms with Gasteiger partial charge in [0.1, 0.15) is 17.3 Å². The number of amides is 2. The summed E-state index contributed by atoms with van der Waals surface area (Å²) < 4.78 is 23.9. The van der Waals surface area contributed by atoms with E-state index in [1.165, 1.54) is 19.2 Å². The number of halogens is 1. The third-order valence-corrected chi connectivity index (χ3v) is 4.84. The zero-order valence-corrected chi connectivity index (χ0v) is 14.6. The number of carbonyl (C=O) groups is 2. The molecule has 4 rings (SSSR count). The lowest BCUT2D eigenvalue weighted by Gasteiger charge is -2.36. The fourth-order valence-corrected chi connectivity index (χ4v) is 3.46. The number of benzene rings is 2. The van der Waals surface area contributed by atoms with E-state index in [4.69, 9.17) is 15.2 Å². The minimum atomic E-state index is -0.487. The summed E-state index contributed by atoms with van der Waals surface area (Å²) >= 11 is 0. The summed E-state index contributed by atoms with van der Waals surface area (Å²) in [6.07, 6.45) is 0.103. The van der Waals surface area contributed by atoms with Gasteiger partial charge in [-0.2, -0.15) is 0 Å². The van der Waals surface area contributed by atoms with Crippen LogP contribution in [0.4, 0.5) is 4.39 Å². The highest BCUT2D eigenvalue weighted by Crippen LogP contribution is 2.44. The smallest absolute Gasteiger partial charge is 0.262 e. The summed E-state index contributed by atoms with van der Waals surface area (Å²) in [6, 6.07) is 10.9. The molecular weight excluding hydrogens is 351 g/mol. The van der Waals surface area contributed by atoms with Crippen LogP contribution in [0.2, 0.25) is 0 Å². The molecule has 7 heteroatoms. The van der Waals surface area contributed by atoms with E-state index >= 15 is 0 Å². The van der Waals surface area contributed by atoms with Gasteiger partial charge in [-0.05, 0) is 23.8 Å². The Morgan fingerprint density at radius 3 is 2.67 bits per heavy atom. The van der Waals surface area contributed by atoms with Gasteiger partial charge in [-0.1, -0.05) is 18.2 Å². The fraction of sp³-hybridized carbons (Fsp3) is 0.200. The molecule has 2 aliphatic heterocycles. The first kappa shape index (κ1) is 17.1. The Morgan fingerprint density at radius 2 is 1.96 bits per heavy atom. The van der Waals surface area contributed by atoms with Gasteiger partial charge < -0.3 is 15.2 Å². The van der Waals surface area contributed by atoms with Crippen LogP contribution >= 0.6 is 0 Å². The molecule has 2 heterocycles. The summed E-state index contributed by atoms with van der Waals surface area (Å²) in [5.74, 6) is -0.570. The van der Waals surface area contributed by atoms with E-state index < -0.39 is 11.8 Å². The molecule has 0 aliphatic carbocycles. The molecule has 0 aromatic heterocycles. The first-order valence-corrected chi connectivity index (χ1v) is 8.42. The zero-order chi connectivity index (χ0) is 19.1. The van der Waals surface area contributed by atoms with Crippen molar-refractivity contribution in [1.29, 1.82) is 0 Å². The van der Waals surface area contributed by atoms with Gasteiger partial charge in [-0.15, -0.1) is 0 Å². The summed E-state index contributed by atoms with van der Waals surface area (Å²) in [6.45, 7) is 0.0525. The number of hydrogen-bond donors (Lipinski definition) is 1. The van der Waals surface area contributed by atoms with Crippen LogP contribution in [0, 0.1) is 5.82 Å². The fourth-order valence-electron chi connectivity index (χ4n) is 3.46. The third-order valence-electron chi connectivity index (χ3n) is 4.84. The van der Waals surface area contributed by atoms with Crippen LogP contribution in [0.5, 0.6) is 11.5 Å². The van der Waals surface area contributed by atoms with Crippen molar-refractivity contribution in [2.75, 3.05) is 7.11 Å². The Hall–Kier alpha value is -3.35. The maximum atomic E-state index is 13.1. The molecule has 0 radical (unpaired) electrons. The zero-order valence-electron chi connectivity index (χ0n) is 14.6. The Labute approximate surface area is 155 Å². The first-order chi connectivity index (χ1) is 13.0. The SMILES string of the molecule is COc1ccc2c(c1)OC(N)=C1C(=O)N(Cc3ccc(F)cc3)C(=O)CC12. The van der Waals surface area contributed by atoms with E-state index in [1.807, 2.05) is 0 Å². The topological polar surface area (TPSA) is 81.9 Å². The summed E-state index contributed by atoms with van der Waals surface area (Å²) in [5, 5.41) is 0. The molecule has 0 spiro atoms. The van der Waals surface area contributed by atoms with Gasteiger partial charge in [0, 0.05) is 24.0 Å². The molecule has 2 N–H and O–H groups in total. The normalized spacial score (nSPS) is 18.7. The highest BCUT2D eigenvalue weighted by atomic mass is 19.1. The number of fused-ring (bicyclic) bond motifs is 3. The van der Waals surface area contributed by atoms with E-state index in [9.17, 15) is 14.0 Å². The number of carbonyl (C=O) groups excluding carboxylic acids is 2. The van der Waals surface area contributed by atoms with Crippen molar-refractivity contribution in [3.63, 3.8) is 0 Å². The van der Waals surface area contributed by atoms with Crippen LogP contribution in [0.25, 0.3) is 0 Å². The van der Waals surface area contributed by atoms with E-state index in [0.29, 0.717) is 17.1 Å². The van der Waals surface area contributed by atoms with E-state index in [2.05, 4.69) is 0 Å². The van der Waals surface area contributed by atoms with Crippen LogP contribution in [0.3, 0.4) is 0 Å². The first-order valence-electron chi connectivity index (χ1n) is 8.42. The molecule has 0 saturated carbocycles. The van der Waals surface area contributed by atoms with Gasteiger partial charge in [-0.3, -0.25) is 14.5 Å². The number of ether oxygens (including phenoxy) is 2. The predicted molar refractivity (Wildman–Crippen MR) is 94.2 cm³/mol. The van der Waals surface area contributed by atoms with Crippen LogP contribution in [0.15, 0.2) is 53.9 Å². The van der Waals surface area contributed by atoms with Crippen molar-refractivity contribution in [2.24, 2.45) is 5.73 Å². The lowest BCUT2D eigenvalue weighted by atomic mass is 9.82. The van der Waals surface area contributed by atoms with Crippen molar-refractivity contribution in [1.82, 2.24) is 4.90 Å². The number of likely N-dealkylation sites (tertiary alicyclic amines) is 1. The van der Waals surface area contributed by atoms with Crippen molar-refractivity contribution < 1.29 is 23.5 Å². The molecular formula is C20H17FN2O4. The van der Waals surface area contributed by atoms with Crippen LogP contribution in [-0.2, 0) is 16.1 Å². The number of nitrogens with two attached hydrogens (primary N) is 1. The Bertz CT molecular complexity index is 968. The molecule has 2 aromatic carbocycles. The predicted octanol–water partition coefficient (Wildman–Crippen LogP) is 2.44. The van der Waals surface area contributed by atoms with Crippen molar-refractivity contribution in [3.8, 4) is 11.5 Å². The number of imide groups is 1. The van der Waals surface area contributed by atoms with Crippen molar-refractivity contribution in [3.05, 3.63) is 70.9 Å². The standard InChI is InChI=1S/C20H17FN2O4/c1-26-13-6-7-14-15-9-17(24)23(10-11-2-4-12(21)5-3-11)20(25)18(15)19(22)27-16(14)8-13/h2-8,15H,9-10,22H2,1H3. The third kappa shape index (κ3) is 2.91. The summed E-state index contributed by atoms with van der Waals surface area (Å²) in [7, 11) is 1.54. The Morgan fingerprint density at radius 1 is 1.22 bits per heavy atom. The molecule has 1 atom stereocenters. The molecule has 2 aromatic rings. The molecule has 27 heavy (non-hydrogen) atoms. The highest BCUT2D eigenvalue weighted by Gasteiger charge is 2.43. The van der Waals surface area contributed by atoms with Gasteiger partial charge in [0.05, 0.1) is 19.2 Å². The highest BCUT2D eigenvalue weighted by molar-refractivity contribution is 6.09. The van der Waals surface area contributed by atoms with Crippen LogP contribution in [-0.4, -0.2) is 23.8 Å². The Kier molecular flexibility index (Phi) is 4.07. The second kappa shape index (κ2) is 6.42. The maximum Gasteiger partial charge on any atom is 0.262 e. The molecule has 6 nitrogen and oxygen atoms in total. The number of hydrogen-bond acceptors (Lipinski definition) is 5.